The van der Waals surface area contributed by atoms with Crippen molar-refractivity contribution in [1.29, 1.82) is 0 Å². The van der Waals surface area contributed by atoms with Gasteiger partial charge in [-0.2, -0.15) is 0 Å². The van der Waals surface area contributed by atoms with Crippen molar-refractivity contribution in [2.45, 2.75) is 24.8 Å². The van der Waals surface area contributed by atoms with Crippen LogP contribution in [-0.2, 0) is 10.0 Å². The van der Waals surface area contributed by atoms with Gasteiger partial charge in [0.2, 0.25) is 0 Å². The number of carbonyl (C=O) groups is 1. The van der Waals surface area contributed by atoms with Crippen LogP contribution in [0, 0.1) is 6.92 Å². The van der Waals surface area contributed by atoms with Crippen molar-refractivity contribution in [3.63, 3.8) is 0 Å². The Kier molecular flexibility index (Phi) is 6.21. The molecule has 1 atom stereocenters. The number of benzene rings is 2. The maximum absolute atomic E-state index is 12.6. The fourth-order valence-corrected chi connectivity index (χ4v) is 4.06. The number of amides is 1. The van der Waals surface area contributed by atoms with Gasteiger partial charge >= 0.3 is 0 Å². The second kappa shape index (κ2) is 8.49. The topological polar surface area (TPSA) is 88.4 Å². The van der Waals surface area contributed by atoms with Gasteiger partial charge in [0.15, 0.2) is 0 Å². The first kappa shape index (κ1) is 21.2. The van der Waals surface area contributed by atoms with Crippen molar-refractivity contribution in [2.24, 2.45) is 0 Å². The Bertz CT molecular complexity index is 1160. The van der Waals surface area contributed by atoms with E-state index >= 15 is 0 Å². The van der Waals surface area contributed by atoms with E-state index < -0.39 is 10.0 Å². The Hall–Kier alpha value is -2.48. The quantitative estimate of drug-likeness (QED) is 0.538. The molecule has 29 heavy (non-hydrogen) atoms. The number of halogens is 2. The van der Waals surface area contributed by atoms with Crippen LogP contribution in [0.3, 0.4) is 0 Å². The lowest BCUT2D eigenvalue weighted by Gasteiger charge is -2.13. The molecule has 3 rings (SSSR count). The molecular formula is C20H18Cl2N2O4S. The molecule has 6 nitrogen and oxygen atoms in total. The van der Waals surface area contributed by atoms with E-state index in [9.17, 15) is 13.2 Å². The number of anilines is 1. The number of furan rings is 1. The SMILES string of the molecule is Cc1ccc(C(C)NC(=O)c2cccc(NS(=O)(=O)c3ccc(Cl)c(Cl)c3)c2)o1. The van der Waals surface area contributed by atoms with Gasteiger partial charge in [0.1, 0.15) is 11.5 Å². The maximum Gasteiger partial charge on any atom is 0.261 e. The highest BCUT2D eigenvalue weighted by molar-refractivity contribution is 7.92. The Morgan fingerprint density at radius 2 is 1.79 bits per heavy atom. The van der Waals surface area contributed by atoms with Gasteiger partial charge in [0.25, 0.3) is 15.9 Å². The highest BCUT2D eigenvalue weighted by atomic mass is 35.5. The van der Waals surface area contributed by atoms with E-state index in [1.54, 1.807) is 31.2 Å². The minimum Gasteiger partial charge on any atom is -0.464 e. The summed E-state index contributed by atoms with van der Waals surface area (Å²) in [7, 11) is -3.90. The second-order valence-electron chi connectivity index (χ2n) is 6.41. The molecule has 0 aliphatic heterocycles. The summed E-state index contributed by atoms with van der Waals surface area (Å²) in [5.41, 5.74) is 0.541. The molecule has 1 aromatic heterocycles. The molecule has 0 saturated heterocycles. The van der Waals surface area contributed by atoms with E-state index in [-0.39, 0.29) is 32.6 Å². The van der Waals surface area contributed by atoms with Gasteiger partial charge in [-0.25, -0.2) is 8.42 Å². The fourth-order valence-electron chi connectivity index (χ4n) is 2.62. The smallest absolute Gasteiger partial charge is 0.261 e. The van der Waals surface area contributed by atoms with E-state index in [0.29, 0.717) is 11.3 Å². The zero-order valence-corrected chi connectivity index (χ0v) is 17.9. The van der Waals surface area contributed by atoms with E-state index in [1.165, 1.54) is 24.3 Å². The van der Waals surface area contributed by atoms with Gasteiger partial charge in [-0.1, -0.05) is 29.3 Å². The normalized spacial score (nSPS) is 12.4. The van der Waals surface area contributed by atoms with Crippen molar-refractivity contribution in [1.82, 2.24) is 5.32 Å². The summed E-state index contributed by atoms with van der Waals surface area (Å²) in [6, 6.07) is 13.5. The maximum atomic E-state index is 12.6. The monoisotopic (exact) mass is 452 g/mol. The number of sulfonamides is 1. The predicted molar refractivity (Wildman–Crippen MR) is 113 cm³/mol. The van der Waals surface area contributed by atoms with Gasteiger partial charge in [-0.05, 0) is 62.4 Å². The van der Waals surface area contributed by atoms with Crippen LogP contribution in [-0.4, -0.2) is 14.3 Å². The Balaban J connectivity index is 1.76. The highest BCUT2D eigenvalue weighted by Gasteiger charge is 2.18. The summed E-state index contributed by atoms with van der Waals surface area (Å²) in [6.45, 7) is 3.62. The molecule has 0 saturated carbocycles. The van der Waals surface area contributed by atoms with Gasteiger partial charge in [0.05, 0.1) is 21.0 Å². The molecule has 2 N–H and O–H groups in total. The Labute approximate surface area is 178 Å². The van der Waals surface area contributed by atoms with Crippen LogP contribution in [0.1, 0.15) is 34.8 Å². The van der Waals surface area contributed by atoms with Crippen LogP contribution in [0.2, 0.25) is 10.0 Å². The van der Waals surface area contributed by atoms with Gasteiger partial charge in [0, 0.05) is 11.3 Å². The number of rotatable bonds is 6. The lowest BCUT2D eigenvalue weighted by atomic mass is 10.1. The lowest BCUT2D eigenvalue weighted by Crippen LogP contribution is -2.26. The molecule has 0 fully saturated rings. The zero-order valence-electron chi connectivity index (χ0n) is 15.6. The zero-order chi connectivity index (χ0) is 21.2. The second-order valence-corrected chi connectivity index (χ2v) is 8.90. The highest BCUT2D eigenvalue weighted by Crippen LogP contribution is 2.26. The van der Waals surface area contributed by atoms with Crippen LogP contribution in [0.5, 0.6) is 0 Å². The minimum atomic E-state index is -3.90. The summed E-state index contributed by atoms with van der Waals surface area (Å²) >= 11 is 11.7. The van der Waals surface area contributed by atoms with E-state index in [4.69, 9.17) is 27.6 Å². The van der Waals surface area contributed by atoms with Crippen LogP contribution >= 0.6 is 23.2 Å². The average Bonchev–Trinajstić information content (AvgIpc) is 3.10. The number of carbonyl (C=O) groups excluding carboxylic acids is 1. The van der Waals surface area contributed by atoms with E-state index in [0.717, 1.165) is 5.76 Å². The minimum absolute atomic E-state index is 0.0384. The van der Waals surface area contributed by atoms with Crippen LogP contribution in [0.15, 0.2) is 63.9 Å². The predicted octanol–water partition coefficient (Wildman–Crippen LogP) is 5.19. The van der Waals surface area contributed by atoms with Gasteiger partial charge in [-0.3, -0.25) is 9.52 Å². The molecule has 0 spiro atoms. The van der Waals surface area contributed by atoms with Crippen LogP contribution in [0.4, 0.5) is 5.69 Å². The van der Waals surface area contributed by atoms with Crippen molar-refractivity contribution in [3.8, 4) is 0 Å². The molecule has 3 aromatic rings. The third kappa shape index (κ3) is 5.12. The third-order valence-corrected chi connectivity index (χ3v) is 6.23. The largest absolute Gasteiger partial charge is 0.464 e. The molecule has 9 heteroatoms. The van der Waals surface area contributed by atoms with Gasteiger partial charge in [-0.15, -0.1) is 0 Å². The van der Waals surface area contributed by atoms with Crippen molar-refractivity contribution in [2.75, 3.05) is 4.72 Å². The molecule has 152 valence electrons. The van der Waals surface area contributed by atoms with Crippen LogP contribution in [0.25, 0.3) is 0 Å². The van der Waals surface area contributed by atoms with Crippen molar-refractivity contribution in [3.05, 3.63) is 81.7 Å². The number of nitrogens with one attached hydrogen (secondary N) is 2. The van der Waals surface area contributed by atoms with Crippen LogP contribution < -0.4 is 10.0 Å². The molecular weight excluding hydrogens is 435 g/mol. The summed E-state index contributed by atoms with van der Waals surface area (Å²) < 4.78 is 33.1. The Morgan fingerprint density at radius 3 is 2.45 bits per heavy atom. The van der Waals surface area contributed by atoms with E-state index in [1.807, 2.05) is 13.0 Å². The summed E-state index contributed by atoms with van der Waals surface area (Å²) in [5.74, 6) is 1.02. The molecule has 0 radical (unpaired) electrons. The first-order chi connectivity index (χ1) is 13.7. The first-order valence-electron chi connectivity index (χ1n) is 8.61. The number of aryl methyl sites for hydroxylation is 1. The average molecular weight is 453 g/mol. The van der Waals surface area contributed by atoms with E-state index in [2.05, 4.69) is 10.0 Å². The van der Waals surface area contributed by atoms with Gasteiger partial charge < -0.3 is 9.73 Å². The summed E-state index contributed by atoms with van der Waals surface area (Å²) in [4.78, 5) is 12.5. The first-order valence-corrected chi connectivity index (χ1v) is 10.8. The number of hydrogen-bond acceptors (Lipinski definition) is 4. The standard InChI is InChI=1S/C20H18Cl2N2O4S/c1-12-6-9-19(28-12)13(2)23-20(25)14-4-3-5-15(10-14)24-29(26,27)16-7-8-17(21)18(22)11-16/h3-11,13,24H,1-2H3,(H,23,25). The molecule has 0 aliphatic rings. The number of hydrogen-bond donors (Lipinski definition) is 2. The third-order valence-electron chi connectivity index (χ3n) is 4.11. The summed E-state index contributed by atoms with van der Waals surface area (Å²) in [5, 5.41) is 3.20. The lowest BCUT2D eigenvalue weighted by molar-refractivity contribution is 0.0935. The molecule has 1 unspecified atom stereocenters. The van der Waals surface area contributed by atoms with Crippen molar-refractivity contribution < 1.29 is 17.6 Å². The summed E-state index contributed by atoms with van der Waals surface area (Å²) in [6.07, 6.45) is 0. The molecule has 1 amide bonds. The molecule has 0 bridgehead atoms. The Morgan fingerprint density at radius 1 is 1.03 bits per heavy atom. The molecule has 1 heterocycles. The van der Waals surface area contributed by atoms with Crippen molar-refractivity contribution >= 4 is 44.8 Å². The fraction of sp³-hybridized carbons (Fsp3) is 0.150. The molecule has 2 aromatic carbocycles. The molecule has 0 aliphatic carbocycles.